The Labute approximate surface area is 140 Å². The van der Waals surface area contributed by atoms with Gasteiger partial charge < -0.3 is 10.0 Å². The van der Waals surface area contributed by atoms with Crippen molar-refractivity contribution in [2.24, 2.45) is 5.92 Å². The number of benzene rings is 1. The van der Waals surface area contributed by atoms with Crippen molar-refractivity contribution in [2.75, 3.05) is 6.54 Å². The number of amides is 1. The van der Waals surface area contributed by atoms with Crippen molar-refractivity contribution < 1.29 is 14.7 Å². The summed E-state index contributed by atoms with van der Waals surface area (Å²) in [7, 11) is 0. The Bertz CT molecular complexity index is 589. The SMILES string of the molecule is CC(C)N(CCC(=O)O)C(=O)C1CC1c1ccc(Cl)c(Cl)c1. The molecule has 1 amide bonds. The zero-order chi connectivity index (χ0) is 16.4. The third kappa shape index (κ3) is 3.93. The van der Waals surface area contributed by atoms with Crippen LogP contribution in [-0.4, -0.2) is 34.5 Å². The monoisotopic (exact) mass is 343 g/mol. The number of carbonyl (C=O) groups excluding carboxylic acids is 1. The summed E-state index contributed by atoms with van der Waals surface area (Å²) in [6.45, 7) is 4.04. The van der Waals surface area contributed by atoms with Crippen molar-refractivity contribution in [2.45, 2.75) is 38.6 Å². The highest BCUT2D eigenvalue weighted by Crippen LogP contribution is 2.49. The average Bonchev–Trinajstić information content (AvgIpc) is 3.21. The number of carboxylic acids is 1. The normalized spacial score (nSPS) is 20.0. The molecule has 0 saturated heterocycles. The number of halogens is 2. The number of rotatable bonds is 6. The first-order chi connectivity index (χ1) is 10.3. The van der Waals surface area contributed by atoms with Crippen LogP contribution in [0.15, 0.2) is 18.2 Å². The molecule has 1 aromatic rings. The van der Waals surface area contributed by atoms with Crippen molar-refractivity contribution in [1.29, 1.82) is 0 Å². The van der Waals surface area contributed by atoms with E-state index in [0.717, 1.165) is 12.0 Å². The molecule has 6 heteroatoms. The maximum Gasteiger partial charge on any atom is 0.305 e. The van der Waals surface area contributed by atoms with Crippen LogP contribution in [0.5, 0.6) is 0 Å². The quantitative estimate of drug-likeness (QED) is 0.854. The second-order valence-electron chi connectivity index (χ2n) is 5.89. The van der Waals surface area contributed by atoms with Gasteiger partial charge >= 0.3 is 5.97 Å². The van der Waals surface area contributed by atoms with Gasteiger partial charge in [0.25, 0.3) is 0 Å². The molecule has 1 saturated carbocycles. The Morgan fingerprint density at radius 2 is 2.00 bits per heavy atom. The Balaban J connectivity index is 2.04. The minimum atomic E-state index is -0.893. The van der Waals surface area contributed by atoms with E-state index in [-0.39, 0.29) is 36.8 Å². The van der Waals surface area contributed by atoms with Crippen molar-refractivity contribution in [3.63, 3.8) is 0 Å². The van der Waals surface area contributed by atoms with E-state index in [4.69, 9.17) is 28.3 Å². The van der Waals surface area contributed by atoms with Crippen molar-refractivity contribution in [3.05, 3.63) is 33.8 Å². The molecular weight excluding hydrogens is 325 g/mol. The maximum absolute atomic E-state index is 12.6. The topological polar surface area (TPSA) is 57.6 Å². The summed E-state index contributed by atoms with van der Waals surface area (Å²) in [5.41, 5.74) is 1.01. The molecule has 1 fully saturated rings. The fraction of sp³-hybridized carbons (Fsp3) is 0.500. The van der Waals surface area contributed by atoms with E-state index in [0.29, 0.717) is 10.0 Å². The molecular formula is C16H19Cl2NO3. The number of hydrogen-bond acceptors (Lipinski definition) is 2. The van der Waals surface area contributed by atoms with Crippen LogP contribution in [-0.2, 0) is 9.59 Å². The molecule has 120 valence electrons. The van der Waals surface area contributed by atoms with Gasteiger partial charge in [-0.25, -0.2) is 0 Å². The standard InChI is InChI=1S/C16H19Cl2NO3/c1-9(2)19(6-5-15(20)21)16(22)12-8-11(12)10-3-4-13(17)14(18)7-10/h3-4,7,9,11-12H,5-6,8H2,1-2H3,(H,20,21). The lowest BCUT2D eigenvalue weighted by atomic mass is 10.1. The van der Waals surface area contributed by atoms with E-state index < -0.39 is 5.97 Å². The van der Waals surface area contributed by atoms with Gasteiger partial charge in [-0.1, -0.05) is 29.3 Å². The predicted molar refractivity (Wildman–Crippen MR) is 86.4 cm³/mol. The summed E-state index contributed by atoms with van der Waals surface area (Å²) < 4.78 is 0. The highest BCUT2D eigenvalue weighted by Gasteiger charge is 2.46. The van der Waals surface area contributed by atoms with E-state index in [1.54, 1.807) is 17.0 Å². The molecule has 0 aromatic heterocycles. The summed E-state index contributed by atoms with van der Waals surface area (Å²) in [6.07, 6.45) is 0.737. The Morgan fingerprint density at radius 1 is 1.32 bits per heavy atom. The summed E-state index contributed by atoms with van der Waals surface area (Å²) in [5.74, 6) is -0.815. The molecule has 0 heterocycles. The van der Waals surface area contributed by atoms with Crippen LogP contribution in [0.3, 0.4) is 0 Å². The van der Waals surface area contributed by atoms with E-state index in [2.05, 4.69) is 0 Å². The lowest BCUT2D eigenvalue weighted by molar-refractivity contribution is -0.139. The minimum Gasteiger partial charge on any atom is -0.481 e. The average molecular weight is 344 g/mol. The molecule has 1 N–H and O–H groups in total. The molecule has 0 radical (unpaired) electrons. The fourth-order valence-corrected chi connectivity index (χ4v) is 2.94. The van der Waals surface area contributed by atoms with Crippen LogP contribution in [0, 0.1) is 5.92 Å². The number of carbonyl (C=O) groups is 2. The zero-order valence-electron chi connectivity index (χ0n) is 12.6. The smallest absolute Gasteiger partial charge is 0.305 e. The summed E-state index contributed by atoms with van der Waals surface area (Å²) in [5, 5.41) is 9.79. The van der Waals surface area contributed by atoms with E-state index >= 15 is 0 Å². The Kier molecular flexibility index (Phi) is 5.35. The molecule has 1 aliphatic carbocycles. The highest BCUT2D eigenvalue weighted by molar-refractivity contribution is 6.42. The van der Waals surface area contributed by atoms with Crippen molar-refractivity contribution in [1.82, 2.24) is 4.90 Å². The number of nitrogens with zero attached hydrogens (tertiary/aromatic N) is 1. The lowest BCUT2D eigenvalue weighted by Crippen LogP contribution is -2.39. The van der Waals surface area contributed by atoms with Gasteiger partial charge in [-0.15, -0.1) is 0 Å². The van der Waals surface area contributed by atoms with E-state index in [1.807, 2.05) is 19.9 Å². The number of aliphatic carboxylic acids is 1. The molecule has 2 rings (SSSR count). The third-order valence-electron chi connectivity index (χ3n) is 3.95. The molecule has 0 bridgehead atoms. The Hall–Kier alpha value is -1.26. The lowest BCUT2D eigenvalue weighted by Gasteiger charge is -2.26. The molecule has 1 aromatic carbocycles. The van der Waals surface area contributed by atoms with E-state index in [1.165, 1.54) is 0 Å². The van der Waals surface area contributed by atoms with Crippen LogP contribution in [0.1, 0.15) is 38.2 Å². The molecule has 0 spiro atoms. The highest BCUT2D eigenvalue weighted by atomic mass is 35.5. The first-order valence-electron chi connectivity index (χ1n) is 7.28. The largest absolute Gasteiger partial charge is 0.481 e. The molecule has 0 aliphatic heterocycles. The summed E-state index contributed by atoms with van der Waals surface area (Å²) in [4.78, 5) is 24.9. The first kappa shape index (κ1) is 17.1. The second-order valence-corrected chi connectivity index (χ2v) is 6.71. The van der Waals surface area contributed by atoms with Gasteiger partial charge in [-0.3, -0.25) is 9.59 Å². The van der Waals surface area contributed by atoms with Crippen LogP contribution in [0.2, 0.25) is 10.0 Å². The van der Waals surface area contributed by atoms with Gasteiger partial charge in [-0.2, -0.15) is 0 Å². The van der Waals surface area contributed by atoms with Gasteiger partial charge in [0.05, 0.1) is 16.5 Å². The number of carboxylic acid groups (broad SMARTS) is 1. The van der Waals surface area contributed by atoms with Gasteiger partial charge in [0.1, 0.15) is 0 Å². The van der Waals surface area contributed by atoms with Crippen LogP contribution in [0.4, 0.5) is 0 Å². The van der Waals surface area contributed by atoms with Gasteiger partial charge in [0.2, 0.25) is 5.91 Å². The maximum atomic E-state index is 12.6. The second kappa shape index (κ2) is 6.88. The third-order valence-corrected chi connectivity index (χ3v) is 4.69. The first-order valence-corrected chi connectivity index (χ1v) is 8.04. The van der Waals surface area contributed by atoms with Crippen LogP contribution < -0.4 is 0 Å². The van der Waals surface area contributed by atoms with E-state index in [9.17, 15) is 9.59 Å². The summed E-state index contributed by atoms with van der Waals surface area (Å²) >= 11 is 11.9. The summed E-state index contributed by atoms with van der Waals surface area (Å²) in [6, 6.07) is 5.42. The minimum absolute atomic E-state index is 0.0121. The molecule has 2 unspecified atom stereocenters. The predicted octanol–water partition coefficient (Wildman–Crippen LogP) is 3.81. The Morgan fingerprint density at radius 3 is 2.55 bits per heavy atom. The number of hydrogen-bond donors (Lipinski definition) is 1. The van der Waals surface area contributed by atoms with Gasteiger partial charge in [-0.05, 0) is 43.9 Å². The van der Waals surface area contributed by atoms with Crippen molar-refractivity contribution >= 4 is 35.1 Å². The molecule has 22 heavy (non-hydrogen) atoms. The molecule has 1 aliphatic rings. The van der Waals surface area contributed by atoms with Crippen LogP contribution >= 0.6 is 23.2 Å². The fourth-order valence-electron chi connectivity index (χ4n) is 2.63. The van der Waals surface area contributed by atoms with Crippen molar-refractivity contribution in [3.8, 4) is 0 Å². The molecule has 2 atom stereocenters. The zero-order valence-corrected chi connectivity index (χ0v) is 14.1. The molecule has 4 nitrogen and oxygen atoms in total. The van der Waals surface area contributed by atoms with Gasteiger partial charge in [0, 0.05) is 18.5 Å². The van der Waals surface area contributed by atoms with Crippen LogP contribution in [0.25, 0.3) is 0 Å². The van der Waals surface area contributed by atoms with Gasteiger partial charge in [0.15, 0.2) is 0 Å².